The van der Waals surface area contributed by atoms with Crippen LogP contribution in [0.25, 0.3) is 0 Å². The maximum atomic E-state index is 10.9. The molecule has 0 saturated carbocycles. The first-order chi connectivity index (χ1) is 10.1. The number of amides is 1. The molecular weight excluding hydrogens is 278 g/mol. The minimum absolute atomic E-state index is 0.0781. The van der Waals surface area contributed by atoms with Crippen molar-refractivity contribution in [1.29, 1.82) is 0 Å². The number of primary amides is 1. The van der Waals surface area contributed by atoms with Gasteiger partial charge in [0.1, 0.15) is 6.61 Å². The van der Waals surface area contributed by atoms with Crippen molar-refractivity contribution < 1.29 is 19.0 Å². The van der Waals surface area contributed by atoms with E-state index in [1.165, 1.54) is 31.2 Å². The second-order valence-electron chi connectivity index (χ2n) is 3.83. The first-order valence-electron chi connectivity index (χ1n) is 5.97. The fourth-order valence-electron chi connectivity index (χ4n) is 1.44. The summed E-state index contributed by atoms with van der Waals surface area (Å²) in [5.74, 6) is 0.0381. The fraction of sp³-hybridized carbons (Fsp3) is 0.333. The molecule has 0 saturated heterocycles. The van der Waals surface area contributed by atoms with E-state index >= 15 is 0 Å². The van der Waals surface area contributed by atoms with Gasteiger partial charge in [0.25, 0.3) is 5.91 Å². The second kappa shape index (κ2) is 6.55. The first kappa shape index (κ1) is 14.6. The molecule has 0 aliphatic rings. The average molecular weight is 292 g/mol. The Balaban J connectivity index is 1.94. The second-order valence-corrected chi connectivity index (χ2v) is 3.83. The Morgan fingerprint density at radius 2 is 2.00 bits per heavy atom. The molecule has 0 aromatic carbocycles. The summed E-state index contributed by atoms with van der Waals surface area (Å²) in [5, 5.41) is 3.92. The fourth-order valence-corrected chi connectivity index (χ4v) is 1.44. The molecule has 0 fully saturated rings. The number of carbonyl (C=O) groups is 1. The van der Waals surface area contributed by atoms with Gasteiger partial charge in [0, 0.05) is 12.3 Å². The van der Waals surface area contributed by atoms with Gasteiger partial charge in [-0.15, -0.1) is 0 Å². The standard InChI is InChI=1S/C12H14N5O4/c1-19-9-7-10(20-2)15-12(14-9)21-6-5-17-4-3-8(16-17)11(13)18/h4,7H,5-6H2,1-2H3,(H2,13,18). The van der Waals surface area contributed by atoms with Gasteiger partial charge in [-0.25, -0.2) is 0 Å². The van der Waals surface area contributed by atoms with Crippen LogP contribution in [-0.2, 0) is 6.54 Å². The van der Waals surface area contributed by atoms with Crippen LogP contribution < -0.4 is 19.9 Å². The van der Waals surface area contributed by atoms with E-state index in [0.29, 0.717) is 18.3 Å². The molecule has 1 radical (unpaired) electrons. The van der Waals surface area contributed by atoms with Crippen molar-refractivity contribution in [2.45, 2.75) is 6.54 Å². The Morgan fingerprint density at radius 1 is 1.33 bits per heavy atom. The molecule has 9 heteroatoms. The summed E-state index contributed by atoms with van der Waals surface area (Å²) in [6.07, 6.45) is 1.51. The van der Waals surface area contributed by atoms with Crippen molar-refractivity contribution >= 4 is 5.91 Å². The van der Waals surface area contributed by atoms with Crippen molar-refractivity contribution in [3.63, 3.8) is 0 Å². The Morgan fingerprint density at radius 3 is 2.52 bits per heavy atom. The lowest BCUT2D eigenvalue weighted by Crippen LogP contribution is -2.14. The van der Waals surface area contributed by atoms with Gasteiger partial charge in [-0.05, 0) is 0 Å². The van der Waals surface area contributed by atoms with Crippen molar-refractivity contribution in [2.75, 3.05) is 20.8 Å². The largest absolute Gasteiger partial charge is 0.481 e. The van der Waals surface area contributed by atoms with E-state index in [9.17, 15) is 4.79 Å². The molecule has 0 aliphatic heterocycles. The lowest BCUT2D eigenvalue weighted by Gasteiger charge is -2.07. The summed E-state index contributed by atoms with van der Waals surface area (Å²) in [5.41, 5.74) is 5.16. The van der Waals surface area contributed by atoms with Crippen LogP contribution in [0.15, 0.2) is 12.3 Å². The molecular formula is C12H14N5O4. The van der Waals surface area contributed by atoms with E-state index in [1.54, 1.807) is 0 Å². The van der Waals surface area contributed by atoms with Crippen LogP contribution in [0, 0.1) is 6.07 Å². The molecule has 2 aromatic heterocycles. The molecule has 2 rings (SSSR count). The summed E-state index contributed by atoms with van der Waals surface area (Å²) in [4.78, 5) is 18.9. The van der Waals surface area contributed by atoms with Crippen molar-refractivity contribution in [2.24, 2.45) is 5.73 Å². The van der Waals surface area contributed by atoms with Crippen molar-refractivity contribution in [3.05, 3.63) is 24.0 Å². The molecule has 9 nitrogen and oxygen atoms in total. The number of ether oxygens (including phenoxy) is 3. The third-order valence-corrected chi connectivity index (χ3v) is 2.44. The van der Waals surface area contributed by atoms with Gasteiger partial charge in [-0.2, -0.15) is 15.1 Å². The third-order valence-electron chi connectivity index (χ3n) is 2.44. The van der Waals surface area contributed by atoms with Crippen LogP contribution in [0.2, 0.25) is 0 Å². The molecule has 111 valence electrons. The average Bonchev–Trinajstić information content (AvgIpc) is 2.96. The molecule has 0 atom stereocenters. The normalized spacial score (nSPS) is 10.2. The number of aromatic nitrogens is 4. The molecule has 0 bridgehead atoms. The van der Waals surface area contributed by atoms with Gasteiger partial charge >= 0.3 is 6.01 Å². The van der Waals surface area contributed by atoms with Crippen LogP contribution in [0.1, 0.15) is 10.5 Å². The van der Waals surface area contributed by atoms with Gasteiger partial charge in [0.2, 0.25) is 11.8 Å². The highest BCUT2D eigenvalue weighted by atomic mass is 16.5. The number of nitrogens with two attached hydrogens (primary N) is 1. The van der Waals surface area contributed by atoms with Crippen LogP contribution in [0.5, 0.6) is 17.8 Å². The van der Waals surface area contributed by atoms with E-state index in [-0.39, 0.29) is 18.3 Å². The maximum absolute atomic E-state index is 10.9. The Hall–Kier alpha value is -2.84. The van der Waals surface area contributed by atoms with Gasteiger partial charge in [-0.1, -0.05) is 0 Å². The summed E-state index contributed by atoms with van der Waals surface area (Å²) >= 11 is 0. The highest BCUT2D eigenvalue weighted by Gasteiger charge is 2.08. The van der Waals surface area contributed by atoms with E-state index in [4.69, 9.17) is 19.9 Å². The van der Waals surface area contributed by atoms with E-state index in [0.717, 1.165) is 0 Å². The summed E-state index contributed by atoms with van der Waals surface area (Å²) in [6.45, 7) is 0.622. The first-order valence-corrected chi connectivity index (χ1v) is 5.97. The minimum Gasteiger partial charge on any atom is -0.481 e. The summed E-state index contributed by atoms with van der Waals surface area (Å²) in [6, 6.07) is 4.30. The molecule has 2 N–H and O–H groups in total. The highest BCUT2D eigenvalue weighted by molar-refractivity contribution is 5.90. The van der Waals surface area contributed by atoms with Gasteiger partial charge in [-0.3, -0.25) is 9.48 Å². The van der Waals surface area contributed by atoms with E-state index in [1.807, 2.05) is 0 Å². The quantitative estimate of drug-likeness (QED) is 0.743. The number of carbonyl (C=O) groups excluding carboxylic acids is 1. The van der Waals surface area contributed by atoms with Crippen LogP contribution in [0.3, 0.4) is 0 Å². The third kappa shape index (κ3) is 3.81. The predicted octanol–water partition coefficient (Wildman–Crippen LogP) is -0.332. The highest BCUT2D eigenvalue weighted by Crippen LogP contribution is 2.18. The number of nitrogens with zero attached hydrogens (tertiary/aromatic N) is 4. The predicted molar refractivity (Wildman–Crippen MR) is 70.2 cm³/mol. The van der Waals surface area contributed by atoms with E-state index in [2.05, 4.69) is 21.1 Å². The molecule has 0 spiro atoms. The van der Waals surface area contributed by atoms with Crippen LogP contribution in [-0.4, -0.2) is 46.5 Å². The van der Waals surface area contributed by atoms with Gasteiger partial charge in [0.05, 0.1) is 26.8 Å². The zero-order valence-corrected chi connectivity index (χ0v) is 11.6. The molecule has 1 amide bonds. The van der Waals surface area contributed by atoms with Gasteiger partial charge < -0.3 is 19.9 Å². The lowest BCUT2D eigenvalue weighted by molar-refractivity contribution is 0.0994. The SMILES string of the molecule is COc1cc(OC)nc(OCCn2c[c]c(C(N)=O)n2)n1. The maximum Gasteiger partial charge on any atom is 0.323 e. The van der Waals surface area contributed by atoms with Crippen molar-refractivity contribution in [3.8, 4) is 17.8 Å². The van der Waals surface area contributed by atoms with E-state index < -0.39 is 5.91 Å². The summed E-state index contributed by atoms with van der Waals surface area (Å²) in [7, 11) is 2.97. The Kier molecular flexibility index (Phi) is 4.54. The zero-order valence-electron chi connectivity index (χ0n) is 11.6. The smallest absolute Gasteiger partial charge is 0.323 e. The van der Waals surface area contributed by atoms with Crippen LogP contribution >= 0.6 is 0 Å². The molecule has 0 aliphatic carbocycles. The lowest BCUT2D eigenvalue weighted by atomic mass is 10.4. The van der Waals surface area contributed by atoms with Crippen molar-refractivity contribution in [1.82, 2.24) is 19.7 Å². The monoisotopic (exact) mass is 292 g/mol. The molecule has 0 unspecified atom stereocenters. The summed E-state index contributed by atoms with van der Waals surface area (Å²) < 4.78 is 16.9. The Bertz CT molecular complexity index is 606. The minimum atomic E-state index is -0.629. The molecule has 2 heterocycles. The van der Waals surface area contributed by atoms with Gasteiger partial charge in [0.15, 0.2) is 5.69 Å². The number of hydrogen-bond donors (Lipinski definition) is 1. The molecule has 2 aromatic rings. The van der Waals surface area contributed by atoms with Crippen LogP contribution in [0.4, 0.5) is 0 Å². The number of methoxy groups -OCH3 is 2. The molecule has 21 heavy (non-hydrogen) atoms. The zero-order chi connectivity index (χ0) is 15.2. The Labute approximate surface area is 120 Å². The number of rotatable bonds is 7. The number of hydrogen-bond acceptors (Lipinski definition) is 7. The topological polar surface area (TPSA) is 114 Å².